The molecule has 0 spiro atoms. The minimum atomic E-state index is -0.968. The van der Waals surface area contributed by atoms with Crippen LogP contribution in [0.5, 0.6) is 0 Å². The highest BCUT2D eigenvalue weighted by molar-refractivity contribution is 5.86. The first-order valence-corrected chi connectivity index (χ1v) is 6.58. The number of nitrogens with zero attached hydrogens (tertiary/aromatic N) is 1. The third-order valence-electron chi connectivity index (χ3n) is 3.28. The summed E-state index contributed by atoms with van der Waals surface area (Å²) in [5, 5.41) is 9.56. The van der Waals surface area contributed by atoms with Crippen molar-refractivity contribution in [1.82, 2.24) is 0 Å². The van der Waals surface area contributed by atoms with E-state index < -0.39 is 11.6 Å². The van der Waals surface area contributed by atoms with E-state index in [-0.39, 0.29) is 6.42 Å². The number of hydrogen-bond acceptors (Lipinski definition) is 4. The van der Waals surface area contributed by atoms with E-state index in [1.54, 1.807) is 6.07 Å². The third kappa shape index (κ3) is 2.82. The largest absolute Gasteiger partial charge is 0.481 e. The molecular formula is C15H17NO4. The van der Waals surface area contributed by atoms with Gasteiger partial charge in [-0.2, -0.15) is 0 Å². The minimum absolute atomic E-state index is 0.188. The van der Waals surface area contributed by atoms with E-state index in [1.165, 1.54) is 6.07 Å². The van der Waals surface area contributed by atoms with Gasteiger partial charge in [0.05, 0.1) is 6.42 Å². The predicted octanol–water partition coefficient (Wildman–Crippen LogP) is 2.27. The van der Waals surface area contributed by atoms with Gasteiger partial charge >= 0.3 is 11.6 Å². The monoisotopic (exact) mass is 275 g/mol. The second-order valence-corrected chi connectivity index (χ2v) is 4.51. The first kappa shape index (κ1) is 14.1. The standard InChI is InChI=1S/C15H17NO4/c1-3-16(4-2)11-5-6-12-10(7-14(17)18)8-15(19)20-13(12)9-11/h5-6,8-9H,3-4,7H2,1-2H3,(H,17,18). The predicted molar refractivity (Wildman–Crippen MR) is 77.4 cm³/mol. The minimum Gasteiger partial charge on any atom is -0.481 e. The molecule has 20 heavy (non-hydrogen) atoms. The van der Waals surface area contributed by atoms with Crippen LogP contribution in [0.2, 0.25) is 0 Å². The molecule has 0 fully saturated rings. The Morgan fingerprint density at radius 3 is 2.55 bits per heavy atom. The second kappa shape index (κ2) is 5.77. The molecule has 0 saturated carbocycles. The lowest BCUT2D eigenvalue weighted by molar-refractivity contribution is -0.136. The molecule has 0 atom stereocenters. The molecule has 0 amide bonds. The Hall–Kier alpha value is -2.30. The van der Waals surface area contributed by atoms with Gasteiger partial charge in [0.25, 0.3) is 0 Å². The summed E-state index contributed by atoms with van der Waals surface area (Å²) < 4.78 is 5.19. The summed E-state index contributed by atoms with van der Waals surface area (Å²) in [5.41, 5.74) is 1.34. The molecule has 1 N–H and O–H groups in total. The third-order valence-corrected chi connectivity index (χ3v) is 3.28. The lowest BCUT2D eigenvalue weighted by Gasteiger charge is -2.21. The van der Waals surface area contributed by atoms with Crippen LogP contribution in [0.3, 0.4) is 0 Å². The van der Waals surface area contributed by atoms with Crippen LogP contribution in [-0.2, 0) is 11.2 Å². The molecule has 2 rings (SSSR count). The van der Waals surface area contributed by atoms with Crippen LogP contribution in [0.25, 0.3) is 11.0 Å². The Balaban J connectivity index is 2.58. The number of carboxylic acids is 1. The van der Waals surface area contributed by atoms with Crippen LogP contribution >= 0.6 is 0 Å². The average Bonchev–Trinajstić information content (AvgIpc) is 2.38. The Labute approximate surface area is 116 Å². The first-order valence-electron chi connectivity index (χ1n) is 6.58. The van der Waals surface area contributed by atoms with Crippen molar-refractivity contribution in [2.45, 2.75) is 20.3 Å². The maximum atomic E-state index is 11.5. The zero-order chi connectivity index (χ0) is 14.7. The van der Waals surface area contributed by atoms with Crippen LogP contribution in [0.4, 0.5) is 5.69 Å². The van der Waals surface area contributed by atoms with Crippen molar-refractivity contribution in [2.24, 2.45) is 0 Å². The highest BCUT2D eigenvalue weighted by Crippen LogP contribution is 2.24. The number of anilines is 1. The normalized spacial score (nSPS) is 10.7. The van der Waals surface area contributed by atoms with Crippen molar-refractivity contribution >= 4 is 22.6 Å². The number of fused-ring (bicyclic) bond motifs is 1. The SMILES string of the molecule is CCN(CC)c1ccc2c(CC(=O)O)cc(=O)oc2c1. The van der Waals surface area contributed by atoms with E-state index in [2.05, 4.69) is 4.90 Å². The van der Waals surface area contributed by atoms with Gasteiger partial charge in [-0.05, 0) is 31.5 Å². The van der Waals surface area contributed by atoms with Crippen molar-refractivity contribution in [3.05, 3.63) is 40.2 Å². The molecule has 0 aliphatic carbocycles. The average molecular weight is 275 g/mol. The lowest BCUT2D eigenvalue weighted by atomic mass is 10.1. The van der Waals surface area contributed by atoms with Gasteiger partial charge in [-0.15, -0.1) is 0 Å². The van der Waals surface area contributed by atoms with Crippen molar-refractivity contribution in [3.8, 4) is 0 Å². The Morgan fingerprint density at radius 1 is 1.25 bits per heavy atom. The van der Waals surface area contributed by atoms with Crippen LogP contribution in [0.15, 0.2) is 33.5 Å². The zero-order valence-corrected chi connectivity index (χ0v) is 11.5. The van der Waals surface area contributed by atoms with Crippen LogP contribution in [-0.4, -0.2) is 24.2 Å². The van der Waals surface area contributed by atoms with Gasteiger partial charge in [0.15, 0.2) is 0 Å². The topological polar surface area (TPSA) is 70.8 Å². The summed E-state index contributed by atoms with van der Waals surface area (Å²) in [6, 6.07) is 6.76. The number of rotatable bonds is 5. The van der Waals surface area contributed by atoms with Crippen LogP contribution in [0.1, 0.15) is 19.4 Å². The van der Waals surface area contributed by atoms with Gasteiger partial charge in [0, 0.05) is 36.3 Å². The number of benzene rings is 1. The Kier molecular flexibility index (Phi) is 4.08. The Bertz CT molecular complexity index is 686. The van der Waals surface area contributed by atoms with Crippen LogP contribution < -0.4 is 10.5 Å². The quantitative estimate of drug-likeness (QED) is 0.847. The summed E-state index contributed by atoms with van der Waals surface area (Å²) in [6.45, 7) is 5.79. The van der Waals surface area contributed by atoms with Crippen LogP contribution in [0, 0.1) is 0 Å². The maximum absolute atomic E-state index is 11.5. The van der Waals surface area contributed by atoms with Gasteiger partial charge in [-0.3, -0.25) is 4.79 Å². The summed E-state index contributed by atoms with van der Waals surface area (Å²) in [7, 11) is 0. The molecule has 0 bridgehead atoms. The molecule has 0 radical (unpaired) electrons. The lowest BCUT2D eigenvalue weighted by Crippen LogP contribution is -2.21. The molecule has 5 heteroatoms. The molecule has 0 unspecified atom stereocenters. The van der Waals surface area contributed by atoms with E-state index in [4.69, 9.17) is 9.52 Å². The first-order chi connectivity index (χ1) is 9.55. The molecule has 0 aliphatic heterocycles. The molecule has 5 nitrogen and oxygen atoms in total. The van der Waals surface area contributed by atoms with E-state index in [9.17, 15) is 9.59 Å². The van der Waals surface area contributed by atoms with Gasteiger partial charge in [0.2, 0.25) is 0 Å². The molecule has 1 heterocycles. The molecule has 106 valence electrons. The van der Waals surface area contributed by atoms with Crippen molar-refractivity contribution in [2.75, 3.05) is 18.0 Å². The highest BCUT2D eigenvalue weighted by Gasteiger charge is 2.11. The number of carbonyl (C=O) groups is 1. The summed E-state index contributed by atoms with van der Waals surface area (Å²) in [5.74, 6) is -0.968. The number of aliphatic carboxylic acids is 1. The second-order valence-electron chi connectivity index (χ2n) is 4.51. The summed E-state index contributed by atoms with van der Waals surface area (Å²) in [6.07, 6.45) is -0.188. The molecule has 1 aromatic carbocycles. The van der Waals surface area contributed by atoms with Gasteiger partial charge < -0.3 is 14.4 Å². The van der Waals surface area contributed by atoms with Gasteiger partial charge in [0.1, 0.15) is 5.58 Å². The maximum Gasteiger partial charge on any atom is 0.336 e. The molecule has 0 aliphatic rings. The molecule has 0 saturated heterocycles. The fourth-order valence-electron chi connectivity index (χ4n) is 2.31. The van der Waals surface area contributed by atoms with Gasteiger partial charge in [-0.25, -0.2) is 4.79 Å². The van der Waals surface area contributed by atoms with E-state index in [0.717, 1.165) is 18.8 Å². The van der Waals surface area contributed by atoms with Crippen molar-refractivity contribution in [1.29, 1.82) is 0 Å². The molecule has 2 aromatic rings. The molecule has 1 aromatic heterocycles. The summed E-state index contributed by atoms with van der Waals surface area (Å²) >= 11 is 0. The fourth-order valence-corrected chi connectivity index (χ4v) is 2.31. The fraction of sp³-hybridized carbons (Fsp3) is 0.333. The van der Waals surface area contributed by atoms with Crippen molar-refractivity contribution in [3.63, 3.8) is 0 Å². The number of hydrogen-bond donors (Lipinski definition) is 1. The van der Waals surface area contributed by atoms with E-state index >= 15 is 0 Å². The highest BCUT2D eigenvalue weighted by atomic mass is 16.4. The Morgan fingerprint density at radius 2 is 1.95 bits per heavy atom. The summed E-state index contributed by atoms with van der Waals surface area (Å²) in [4.78, 5) is 24.5. The zero-order valence-electron chi connectivity index (χ0n) is 11.5. The molecular weight excluding hydrogens is 258 g/mol. The van der Waals surface area contributed by atoms with E-state index in [1.807, 2.05) is 26.0 Å². The number of carboxylic acid groups (broad SMARTS) is 1. The van der Waals surface area contributed by atoms with Gasteiger partial charge in [-0.1, -0.05) is 0 Å². The smallest absolute Gasteiger partial charge is 0.336 e. The van der Waals surface area contributed by atoms with E-state index in [0.29, 0.717) is 16.5 Å². The van der Waals surface area contributed by atoms with Crippen molar-refractivity contribution < 1.29 is 14.3 Å².